The maximum atomic E-state index is 14.0. The topological polar surface area (TPSA) is 96.0 Å². The van der Waals surface area contributed by atoms with Crippen LogP contribution in [0.1, 0.15) is 157 Å². The number of ether oxygens (including phenoxy) is 2. The maximum absolute atomic E-state index is 14.0. The predicted molar refractivity (Wildman–Crippen MR) is 180 cm³/mol. The number of benzene rings is 1. The molecule has 0 atom stereocenters. The van der Waals surface area contributed by atoms with Crippen molar-refractivity contribution < 1.29 is 31.5 Å². The molecular weight excluding hydrogens is 583 g/mol. The Bertz CT molecular complexity index is 951. The Morgan fingerprint density at radius 1 is 0.558 bits per heavy atom. The van der Waals surface area contributed by atoms with E-state index in [1.807, 2.05) is 0 Å². The molecule has 7 nitrogen and oxygen atoms in total. The molecule has 0 aromatic heterocycles. The number of rotatable bonds is 26. The van der Waals surface area contributed by atoms with Crippen molar-refractivity contribution in [2.24, 2.45) is 0 Å². The van der Waals surface area contributed by atoms with Crippen LogP contribution in [0, 0.1) is 0 Å². The van der Waals surface area contributed by atoms with E-state index < -0.39 is 29.5 Å². The molecule has 43 heavy (non-hydrogen) atoms. The number of hydrogen-bond acceptors (Lipinski definition) is 7. The van der Waals surface area contributed by atoms with Gasteiger partial charge in [-0.2, -0.15) is 0 Å². The van der Waals surface area contributed by atoms with E-state index in [0.717, 1.165) is 76.3 Å². The van der Waals surface area contributed by atoms with Gasteiger partial charge in [-0.1, -0.05) is 0 Å². The Morgan fingerprint density at radius 2 is 0.884 bits per heavy atom. The van der Waals surface area contributed by atoms with Crippen LogP contribution < -0.4 is 0 Å². The first-order valence-corrected chi connectivity index (χ1v) is 20.9. The molecular formula is C34H61O7PS. The molecule has 0 unspecified atom stereocenters. The molecule has 0 aliphatic heterocycles. The summed E-state index contributed by atoms with van der Waals surface area (Å²) in [5.74, 6) is -1.45. The van der Waals surface area contributed by atoms with Gasteiger partial charge in [-0.05, 0) is 0 Å². The summed E-state index contributed by atoms with van der Waals surface area (Å²) in [7, 11) is -4.56. The Morgan fingerprint density at radius 3 is 1.21 bits per heavy atom. The van der Waals surface area contributed by atoms with Gasteiger partial charge < -0.3 is 0 Å². The van der Waals surface area contributed by atoms with Crippen LogP contribution in [0.25, 0.3) is 0 Å². The van der Waals surface area contributed by atoms with Crippen molar-refractivity contribution in [2.75, 3.05) is 32.7 Å². The zero-order valence-electron chi connectivity index (χ0n) is 27.8. The normalized spacial score (nSPS) is 12.3. The van der Waals surface area contributed by atoms with E-state index in [2.05, 4.69) is 20.8 Å². The summed E-state index contributed by atoms with van der Waals surface area (Å²) in [5.41, 5.74) is -0.0507. The molecule has 0 fully saturated rings. The van der Waals surface area contributed by atoms with Crippen molar-refractivity contribution in [3.63, 3.8) is 0 Å². The average molecular weight is 645 g/mol. The molecule has 1 rings (SSSR count). The van der Waals surface area contributed by atoms with Crippen molar-refractivity contribution in [1.29, 1.82) is 0 Å². The minimum atomic E-state index is -4.25. The van der Waals surface area contributed by atoms with Gasteiger partial charge >= 0.3 is 264 Å². The van der Waals surface area contributed by atoms with Gasteiger partial charge in [-0.15, -0.1) is 0 Å². The molecule has 0 amide bonds. The number of hydrogen-bond donors (Lipinski definition) is 0. The first-order valence-electron chi connectivity index (χ1n) is 17.0. The first-order chi connectivity index (χ1) is 20.7. The van der Waals surface area contributed by atoms with Gasteiger partial charge in [-0.25, -0.2) is 0 Å². The van der Waals surface area contributed by atoms with Crippen molar-refractivity contribution in [3.05, 3.63) is 29.3 Å². The third-order valence-electron chi connectivity index (χ3n) is 8.28. The molecule has 0 N–H and O–H groups in total. The van der Waals surface area contributed by atoms with Gasteiger partial charge in [0, 0.05) is 0 Å². The summed E-state index contributed by atoms with van der Waals surface area (Å²) in [6.07, 6.45) is 22.9. The third-order valence-corrected chi connectivity index (χ3v) is 15.2. The zero-order valence-corrected chi connectivity index (χ0v) is 29.7. The summed E-state index contributed by atoms with van der Waals surface area (Å²) in [4.78, 5) is 24.6. The van der Waals surface area contributed by atoms with Gasteiger partial charge in [-0.3, -0.25) is 0 Å². The van der Waals surface area contributed by atoms with Crippen LogP contribution in [0.2, 0.25) is 0 Å². The molecule has 0 spiro atoms. The molecule has 0 radical (unpaired) electrons. The van der Waals surface area contributed by atoms with Gasteiger partial charge in [0.1, 0.15) is 0 Å². The number of carbonyl (C=O) groups excluding carboxylic acids is 2. The van der Waals surface area contributed by atoms with E-state index in [1.54, 1.807) is 0 Å². The summed E-state index contributed by atoms with van der Waals surface area (Å²) >= 11 is 0. The fraction of sp³-hybridized carbons (Fsp3) is 0.765. The van der Waals surface area contributed by atoms with Crippen LogP contribution in [0.15, 0.2) is 23.1 Å². The second-order valence-corrected chi connectivity index (χ2v) is 17.9. The van der Waals surface area contributed by atoms with E-state index in [-0.39, 0.29) is 16.0 Å². The van der Waals surface area contributed by atoms with Crippen molar-refractivity contribution in [1.82, 2.24) is 0 Å². The van der Waals surface area contributed by atoms with E-state index >= 15 is 0 Å². The third kappa shape index (κ3) is 15.9. The SMILES string of the molecule is CCCCCCCC[PH](CCCCCCCC)(CCCCCCCC)OS(=O)(=O)c1cc(C(=O)OC)cc(C(=O)OC)c1. The van der Waals surface area contributed by atoms with E-state index in [4.69, 9.17) is 13.4 Å². The number of methoxy groups -OCH3 is 2. The molecule has 0 heterocycles. The number of esters is 2. The van der Waals surface area contributed by atoms with Crippen LogP contribution in [-0.4, -0.2) is 53.1 Å². The molecule has 250 valence electrons. The van der Waals surface area contributed by atoms with Crippen LogP contribution in [-0.2, 0) is 23.6 Å². The summed E-state index contributed by atoms with van der Waals surface area (Å²) in [6, 6.07) is 3.81. The van der Waals surface area contributed by atoms with Gasteiger partial charge in [0.05, 0.1) is 0 Å². The Labute approximate surface area is 263 Å². The van der Waals surface area contributed by atoms with Gasteiger partial charge in [0.15, 0.2) is 0 Å². The average Bonchev–Trinajstić information content (AvgIpc) is 3.01. The van der Waals surface area contributed by atoms with Gasteiger partial charge in [0.2, 0.25) is 0 Å². The molecule has 0 saturated heterocycles. The summed E-state index contributed by atoms with van der Waals surface area (Å²) in [6.45, 7) is 6.62. The molecule has 1 aromatic carbocycles. The van der Waals surface area contributed by atoms with Crippen LogP contribution in [0.4, 0.5) is 0 Å². The number of carbonyl (C=O) groups is 2. The molecule has 0 bridgehead atoms. The molecule has 9 heteroatoms. The predicted octanol–water partition coefficient (Wildman–Crippen LogP) is 9.71. The van der Waals surface area contributed by atoms with Crippen LogP contribution in [0.3, 0.4) is 0 Å². The van der Waals surface area contributed by atoms with E-state index in [1.165, 1.54) is 90.2 Å². The molecule has 0 saturated carbocycles. The van der Waals surface area contributed by atoms with Crippen molar-refractivity contribution >= 4 is 29.5 Å². The second kappa shape index (κ2) is 22.9. The number of unbranched alkanes of at least 4 members (excludes halogenated alkanes) is 15. The monoisotopic (exact) mass is 644 g/mol. The standard InChI is InChI=1S/C34H61O7PS/c1-6-9-12-15-18-21-24-42(25-22-19-16-13-10-7-2,26-23-20-17-14-11-8-3)41-43(37,38)32-28-30(33(35)39-4)27-31(29-32)34(36)40-5/h27-29,42H,6-26H2,1-5H3. The fourth-order valence-corrected chi connectivity index (χ4v) is 12.9. The van der Waals surface area contributed by atoms with Crippen molar-refractivity contribution in [3.8, 4) is 0 Å². The quantitative estimate of drug-likeness (QED) is 0.0563. The molecule has 0 aliphatic rings. The summed E-state index contributed by atoms with van der Waals surface area (Å²) < 4.78 is 44.1. The first kappa shape index (κ1) is 39.5. The van der Waals surface area contributed by atoms with E-state index in [0.29, 0.717) is 0 Å². The zero-order chi connectivity index (χ0) is 32.0. The van der Waals surface area contributed by atoms with Gasteiger partial charge in [0.25, 0.3) is 0 Å². The Kier molecular flexibility index (Phi) is 21.1. The Hall–Kier alpha value is -1.50. The Balaban J connectivity index is 3.36. The van der Waals surface area contributed by atoms with Crippen LogP contribution >= 0.6 is 7.49 Å². The van der Waals surface area contributed by atoms with E-state index in [9.17, 15) is 18.0 Å². The second-order valence-electron chi connectivity index (χ2n) is 12.0. The molecule has 1 aromatic rings. The minimum absolute atomic E-state index is 0.0254. The fourth-order valence-electron chi connectivity index (χ4n) is 5.68. The summed E-state index contributed by atoms with van der Waals surface area (Å²) in [5, 5.41) is 0. The molecule has 0 aliphatic carbocycles. The van der Waals surface area contributed by atoms with Crippen molar-refractivity contribution in [2.45, 2.75) is 141 Å². The van der Waals surface area contributed by atoms with Crippen LogP contribution in [0.5, 0.6) is 0 Å².